The predicted octanol–water partition coefficient (Wildman–Crippen LogP) is 4.60. The molecule has 1 aromatic heterocycles. The number of carbonyl (C=O) groups excluding carboxylic acids is 1. The highest BCUT2D eigenvalue weighted by molar-refractivity contribution is 6.34. The molecule has 0 aliphatic rings. The molecule has 0 atom stereocenters. The van der Waals surface area contributed by atoms with Crippen molar-refractivity contribution in [1.82, 2.24) is 4.57 Å². The summed E-state index contributed by atoms with van der Waals surface area (Å²) in [7, 11) is 0. The third-order valence-corrected chi connectivity index (χ3v) is 3.51. The van der Waals surface area contributed by atoms with Crippen LogP contribution in [0, 0.1) is 13.8 Å². The van der Waals surface area contributed by atoms with E-state index in [2.05, 4.69) is 0 Å². The molecule has 2 nitrogen and oxygen atoms in total. The lowest BCUT2D eigenvalue weighted by Crippen LogP contribution is -2.02. The summed E-state index contributed by atoms with van der Waals surface area (Å²) in [5.74, 6) is 0.0486. The molecule has 94 valence electrons. The molecule has 0 aliphatic heterocycles. The van der Waals surface area contributed by atoms with Gasteiger partial charge in [-0.05, 0) is 45.0 Å². The van der Waals surface area contributed by atoms with E-state index in [4.69, 9.17) is 23.2 Å². The van der Waals surface area contributed by atoms with Crippen molar-refractivity contribution in [3.63, 3.8) is 0 Å². The summed E-state index contributed by atoms with van der Waals surface area (Å²) in [6, 6.07) is 7.17. The average Bonchev–Trinajstić information content (AvgIpc) is 2.58. The van der Waals surface area contributed by atoms with Crippen LogP contribution in [0.4, 0.5) is 0 Å². The molecule has 0 radical (unpaired) electrons. The molecule has 0 spiro atoms. The Hall–Kier alpha value is -1.25. The third kappa shape index (κ3) is 2.18. The van der Waals surface area contributed by atoms with Gasteiger partial charge in [0, 0.05) is 22.0 Å². The Bertz CT molecular complexity index is 629. The van der Waals surface area contributed by atoms with Gasteiger partial charge in [-0.15, -0.1) is 0 Å². The van der Waals surface area contributed by atoms with Gasteiger partial charge < -0.3 is 4.57 Å². The van der Waals surface area contributed by atoms with E-state index in [1.807, 2.05) is 24.5 Å². The number of carbonyl (C=O) groups is 1. The van der Waals surface area contributed by atoms with Crippen LogP contribution in [0.5, 0.6) is 0 Å². The molecule has 0 amide bonds. The van der Waals surface area contributed by atoms with Crippen LogP contribution in [0.3, 0.4) is 0 Å². The van der Waals surface area contributed by atoms with Gasteiger partial charge in [0.2, 0.25) is 0 Å². The Balaban J connectivity index is 2.71. The minimum atomic E-state index is 0.0486. The summed E-state index contributed by atoms with van der Waals surface area (Å²) in [5, 5.41) is 1.22. The van der Waals surface area contributed by atoms with Crippen molar-refractivity contribution < 1.29 is 4.79 Å². The molecule has 0 unspecified atom stereocenters. The molecule has 0 aliphatic carbocycles. The van der Waals surface area contributed by atoms with Crippen LogP contribution in [-0.2, 0) is 0 Å². The van der Waals surface area contributed by atoms with Crippen LogP contribution in [0.1, 0.15) is 28.7 Å². The van der Waals surface area contributed by atoms with Crippen molar-refractivity contribution >= 4 is 29.0 Å². The van der Waals surface area contributed by atoms with Crippen LogP contribution >= 0.6 is 23.2 Å². The van der Waals surface area contributed by atoms with Gasteiger partial charge >= 0.3 is 0 Å². The maximum absolute atomic E-state index is 11.5. The van der Waals surface area contributed by atoms with Gasteiger partial charge in [-0.2, -0.15) is 0 Å². The fourth-order valence-electron chi connectivity index (χ4n) is 2.15. The van der Waals surface area contributed by atoms with Crippen LogP contribution in [0.25, 0.3) is 5.69 Å². The van der Waals surface area contributed by atoms with Gasteiger partial charge in [-0.25, -0.2) is 0 Å². The van der Waals surface area contributed by atoms with E-state index in [0.29, 0.717) is 15.6 Å². The number of Topliss-reactive ketones (excluding diaryl/α,β-unsaturated/α-hetero) is 1. The summed E-state index contributed by atoms with van der Waals surface area (Å²) >= 11 is 12.2. The van der Waals surface area contributed by atoms with E-state index in [1.54, 1.807) is 25.1 Å². The lowest BCUT2D eigenvalue weighted by Gasteiger charge is -2.12. The van der Waals surface area contributed by atoms with Crippen LogP contribution in [0.2, 0.25) is 10.0 Å². The number of hydrogen-bond donors (Lipinski definition) is 0. The maximum Gasteiger partial charge on any atom is 0.161 e. The fraction of sp³-hybridized carbons (Fsp3) is 0.214. The first kappa shape index (κ1) is 13.2. The van der Waals surface area contributed by atoms with Gasteiger partial charge in [0.25, 0.3) is 0 Å². The van der Waals surface area contributed by atoms with E-state index in [9.17, 15) is 4.79 Å². The van der Waals surface area contributed by atoms with E-state index in [-0.39, 0.29) is 5.78 Å². The molecule has 0 bridgehead atoms. The van der Waals surface area contributed by atoms with E-state index >= 15 is 0 Å². The standard InChI is InChI=1S/C14H13Cl2NO/c1-8-6-12(10(3)18)9(2)17(8)14-7-11(15)4-5-13(14)16/h4-7H,1-3H3. The highest BCUT2D eigenvalue weighted by Crippen LogP contribution is 2.29. The molecule has 18 heavy (non-hydrogen) atoms. The van der Waals surface area contributed by atoms with Gasteiger partial charge in [-0.3, -0.25) is 4.79 Å². The number of hydrogen-bond acceptors (Lipinski definition) is 1. The zero-order chi connectivity index (χ0) is 13.4. The molecular formula is C14H13Cl2NO. The molecule has 0 saturated heterocycles. The zero-order valence-electron chi connectivity index (χ0n) is 10.4. The summed E-state index contributed by atoms with van der Waals surface area (Å²) < 4.78 is 1.95. The lowest BCUT2D eigenvalue weighted by atomic mass is 10.2. The maximum atomic E-state index is 11.5. The van der Waals surface area contributed by atoms with E-state index in [1.165, 1.54) is 0 Å². The summed E-state index contributed by atoms with van der Waals surface area (Å²) in [5.41, 5.74) is 3.35. The van der Waals surface area contributed by atoms with Crippen LogP contribution < -0.4 is 0 Å². The summed E-state index contributed by atoms with van der Waals surface area (Å²) in [6.07, 6.45) is 0. The van der Waals surface area contributed by atoms with E-state index in [0.717, 1.165) is 17.1 Å². The Labute approximate surface area is 116 Å². The Kier molecular flexibility index (Phi) is 3.51. The molecule has 1 aromatic carbocycles. The number of nitrogens with zero attached hydrogens (tertiary/aromatic N) is 1. The molecule has 2 rings (SSSR count). The Morgan fingerprint density at radius 2 is 1.83 bits per heavy atom. The number of halogens is 2. The quantitative estimate of drug-likeness (QED) is 0.737. The first-order chi connectivity index (χ1) is 8.41. The SMILES string of the molecule is CC(=O)c1cc(C)n(-c2cc(Cl)ccc2Cl)c1C. The minimum absolute atomic E-state index is 0.0486. The van der Waals surface area contributed by atoms with Gasteiger partial charge in [0.15, 0.2) is 5.78 Å². The van der Waals surface area contributed by atoms with Crippen molar-refractivity contribution in [3.8, 4) is 5.69 Å². The predicted molar refractivity (Wildman–Crippen MR) is 75.3 cm³/mol. The second-order valence-corrected chi connectivity index (χ2v) is 5.12. The Morgan fingerprint density at radius 3 is 2.39 bits per heavy atom. The van der Waals surface area contributed by atoms with Gasteiger partial charge in [0.05, 0.1) is 10.7 Å². The molecule has 1 heterocycles. The second-order valence-electron chi connectivity index (χ2n) is 4.27. The van der Waals surface area contributed by atoms with Crippen molar-refractivity contribution in [2.24, 2.45) is 0 Å². The molecule has 0 N–H and O–H groups in total. The normalized spacial score (nSPS) is 10.7. The zero-order valence-corrected chi connectivity index (χ0v) is 11.9. The monoisotopic (exact) mass is 281 g/mol. The minimum Gasteiger partial charge on any atom is -0.316 e. The van der Waals surface area contributed by atoms with Crippen molar-refractivity contribution in [1.29, 1.82) is 0 Å². The number of aryl methyl sites for hydroxylation is 1. The first-order valence-electron chi connectivity index (χ1n) is 5.57. The Morgan fingerprint density at radius 1 is 1.17 bits per heavy atom. The first-order valence-corrected chi connectivity index (χ1v) is 6.32. The van der Waals surface area contributed by atoms with Gasteiger partial charge in [-0.1, -0.05) is 23.2 Å². The summed E-state index contributed by atoms with van der Waals surface area (Å²) in [6.45, 7) is 5.41. The number of ketones is 1. The number of aromatic nitrogens is 1. The summed E-state index contributed by atoms with van der Waals surface area (Å²) in [4.78, 5) is 11.5. The number of benzene rings is 1. The highest BCUT2D eigenvalue weighted by atomic mass is 35.5. The van der Waals surface area contributed by atoms with Gasteiger partial charge in [0.1, 0.15) is 0 Å². The highest BCUT2D eigenvalue weighted by Gasteiger charge is 2.15. The van der Waals surface area contributed by atoms with Crippen molar-refractivity contribution in [2.45, 2.75) is 20.8 Å². The third-order valence-electron chi connectivity index (χ3n) is 2.96. The fourth-order valence-corrected chi connectivity index (χ4v) is 2.52. The molecule has 0 saturated carbocycles. The largest absolute Gasteiger partial charge is 0.316 e. The number of rotatable bonds is 2. The van der Waals surface area contributed by atoms with Crippen molar-refractivity contribution in [3.05, 3.63) is 51.3 Å². The van der Waals surface area contributed by atoms with Crippen LogP contribution in [-0.4, -0.2) is 10.4 Å². The van der Waals surface area contributed by atoms with E-state index < -0.39 is 0 Å². The van der Waals surface area contributed by atoms with Crippen LogP contribution in [0.15, 0.2) is 24.3 Å². The second kappa shape index (κ2) is 4.79. The topological polar surface area (TPSA) is 22.0 Å². The molecule has 2 aromatic rings. The molecule has 0 fully saturated rings. The van der Waals surface area contributed by atoms with Crippen molar-refractivity contribution in [2.75, 3.05) is 0 Å². The molecule has 4 heteroatoms. The average molecular weight is 282 g/mol. The smallest absolute Gasteiger partial charge is 0.161 e. The molecular weight excluding hydrogens is 269 g/mol. The lowest BCUT2D eigenvalue weighted by molar-refractivity contribution is 0.101.